The zero-order chi connectivity index (χ0) is 17.4. The molecule has 0 saturated carbocycles. The van der Waals surface area contributed by atoms with E-state index in [0.717, 1.165) is 19.3 Å². The van der Waals surface area contributed by atoms with E-state index in [1.54, 1.807) is 6.08 Å². The summed E-state index contributed by atoms with van der Waals surface area (Å²) in [4.78, 5) is 11.2. The Morgan fingerprint density at radius 1 is 1.39 bits per heavy atom. The van der Waals surface area contributed by atoms with Crippen molar-refractivity contribution in [2.24, 2.45) is 0 Å². The highest BCUT2D eigenvalue weighted by Crippen LogP contribution is 2.41. The monoisotopic (exact) mass is 318 g/mol. The van der Waals surface area contributed by atoms with Gasteiger partial charge in [0.15, 0.2) is 0 Å². The molecule has 0 amide bonds. The van der Waals surface area contributed by atoms with Crippen LogP contribution in [0.2, 0.25) is 0 Å². The number of phenolic OH excluding ortho intramolecular Hbond substituents is 2. The number of aromatic hydroxyl groups is 2. The molecule has 4 nitrogen and oxygen atoms in total. The van der Waals surface area contributed by atoms with E-state index in [1.807, 2.05) is 6.92 Å². The summed E-state index contributed by atoms with van der Waals surface area (Å²) in [5.41, 5.74) is 2.38. The summed E-state index contributed by atoms with van der Waals surface area (Å²) in [7, 11) is 1.31. The molecule has 0 fully saturated rings. The van der Waals surface area contributed by atoms with E-state index in [4.69, 9.17) is 0 Å². The Labute approximate surface area is 138 Å². The number of methoxy groups -OCH3 is 1. The number of esters is 1. The van der Waals surface area contributed by atoms with E-state index in [-0.39, 0.29) is 23.8 Å². The summed E-state index contributed by atoms with van der Waals surface area (Å²) in [6, 6.07) is 3.06. The van der Waals surface area contributed by atoms with Crippen LogP contribution in [0.1, 0.15) is 50.2 Å². The number of hydrogen-bond donors (Lipinski definition) is 2. The third kappa shape index (κ3) is 5.47. The number of carbonyl (C=O) groups excluding carboxylic acids is 1. The van der Waals surface area contributed by atoms with Crippen LogP contribution >= 0.6 is 0 Å². The van der Waals surface area contributed by atoms with Gasteiger partial charge in [0.05, 0.1) is 13.5 Å². The molecule has 126 valence electrons. The van der Waals surface area contributed by atoms with Crippen molar-refractivity contribution in [1.82, 2.24) is 0 Å². The first-order valence-electron chi connectivity index (χ1n) is 7.78. The van der Waals surface area contributed by atoms with Gasteiger partial charge in [0.2, 0.25) is 0 Å². The highest BCUT2D eigenvalue weighted by molar-refractivity contribution is 5.73. The maximum atomic E-state index is 11.2. The summed E-state index contributed by atoms with van der Waals surface area (Å²) >= 11 is 0. The molecule has 0 bridgehead atoms. The molecule has 1 aliphatic rings. The van der Waals surface area contributed by atoms with Crippen molar-refractivity contribution in [3.8, 4) is 11.5 Å². The Bertz CT molecular complexity index is 564. The Morgan fingerprint density at radius 2 is 1.96 bits per heavy atom. The van der Waals surface area contributed by atoms with Gasteiger partial charge in [-0.05, 0) is 50.8 Å². The molecular formula is C19H26O4. The maximum Gasteiger partial charge on any atom is 0.309 e. The van der Waals surface area contributed by atoms with Crippen LogP contribution < -0.4 is 0 Å². The van der Waals surface area contributed by atoms with E-state index in [1.165, 1.54) is 24.8 Å². The molecule has 1 aliphatic carbocycles. The predicted molar refractivity (Wildman–Crippen MR) is 91.7 cm³/mol. The molecule has 1 aromatic carbocycles. The smallest absolute Gasteiger partial charge is 0.309 e. The minimum Gasteiger partial charge on any atom is -0.507 e. The van der Waals surface area contributed by atoms with Gasteiger partial charge < -0.3 is 14.9 Å². The average molecular weight is 318 g/mol. The third-order valence-corrected chi connectivity index (χ3v) is 3.72. The second kappa shape index (κ2) is 9.03. The van der Waals surface area contributed by atoms with Gasteiger partial charge in [-0.15, -0.1) is 6.58 Å². The number of hydrogen-bond acceptors (Lipinski definition) is 4. The predicted octanol–water partition coefficient (Wildman–Crippen LogP) is 4.22. The molecule has 4 heteroatoms. The largest absolute Gasteiger partial charge is 0.507 e. The summed E-state index contributed by atoms with van der Waals surface area (Å²) in [5.74, 6) is -0.277. The SMILES string of the molecule is C=CC.COC(=O)Cc1cc(O)c([C@@H]2C=C(C)CCC2)c(O)c1. The zero-order valence-corrected chi connectivity index (χ0v) is 14.1. The standard InChI is InChI=1S/C16H20O4.C3H6/c1-10-4-3-5-12(6-10)16-13(17)7-11(8-14(16)18)9-15(19)20-2;1-3-2/h6-8,12,17-18H,3-5,9H2,1-2H3;3H,1H2,2H3/t12-;/m0./s1. The fraction of sp³-hybridized carbons (Fsp3) is 0.421. The lowest BCUT2D eigenvalue weighted by Crippen LogP contribution is -2.06. The van der Waals surface area contributed by atoms with Crippen molar-refractivity contribution in [2.75, 3.05) is 7.11 Å². The lowest BCUT2D eigenvalue weighted by molar-refractivity contribution is -0.139. The second-order valence-corrected chi connectivity index (χ2v) is 5.72. The second-order valence-electron chi connectivity index (χ2n) is 5.72. The number of carbonyl (C=O) groups is 1. The van der Waals surface area contributed by atoms with Crippen LogP contribution in [-0.2, 0) is 16.0 Å². The van der Waals surface area contributed by atoms with E-state index in [0.29, 0.717) is 11.1 Å². The summed E-state index contributed by atoms with van der Waals surface area (Å²) < 4.78 is 4.58. The topological polar surface area (TPSA) is 66.8 Å². The molecule has 23 heavy (non-hydrogen) atoms. The van der Waals surface area contributed by atoms with Gasteiger partial charge in [-0.1, -0.05) is 17.7 Å². The van der Waals surface area contributed by atoms with Crippen LogP contribution in [-0.4, -0.2) is 23.3 Å². The maximum absolute atomic E-state index is 11.2. The number of phenols is 2. The van der Waals surface area contributed by atoms with Crippen molar-refractivity contribution in [2.45, 2.75) is 45.4 Å². The molecule has 0 unspecified atom stereocenters. The molecule has 1 atom stereocenters. The summed E-state index contributed by atoms with van der Waals surface area (Å²) in [5, 5.41) is 20.3. The third-order valence-electron chi connectivity index (χ3n) is 3.72. The Morgan fingerprint density at radius 3 is 2.43 bits per heavy atom. The molecule has 0 saturated heterocycles. The van der Waals surface area contributed by atoms with Gasteiger partial charge in [0.1, 0.15) is 11.5 Å². The average Bonchev–Trinajstić information content (AvgIpc) is 2.47. The number of benzene rings is 1. The van der Waals surface area contributed by atoms with Gasteiger partial charge in [-0.2, -0.15) is 0 Å². The lowest BCUT2D eigenvalue weighted by Gasteiger charge is -2.22. The van der Waals surface area contributed by atoms with Gasteiger partial charge in [0, 0.05) is 11.5 Å². The van der Waals surface area contributed by atoms with Gasteiger partial charge in [-0.3, -0.25) is 4.79 Å². The van der Waals surface area contributed by atoms with Gasteiger partial charge in [0.25, 0.3) is 0 Å². The quantitative estimate of drug-likeness (QED) is 0.647. The van der Waals surface area contributed by atoms with Gasteiger partial charge in [-0.25, -0.2) is 0 Å². The van der Waals surface area contributed by atoms with Crippen LogP contribution in [0.4, 0.5) is 0 Å². The summed E-state index contributed by atoms with van der Waals surface area (Å²) in [6.45, 7) is 7.31. The normalized spacial score (nSPS) is 16.7. The van der Waals surface area contributed by atoms with Crippen molar-refractivity contribution in [1.29, 1.82) is 0 Å². The molecule has 0 aromatic heterocycles. The van der Waals surface area contributed by atoms with Gasteiger partial charge >= 0.3 is 5.97 Å². The van der Waals surface area contributed by atoms with Crippen LogP contribution in [0.3, 0.4) is 0 Å². The number of allylic oxidation sites excluding steroid dienone is 3. The first-order chi connectivity index (χ1) is 10.9. The first kappa shape index (κ1) is 18.8. The van der Waals surface area contributed by atoms with Crippen LogP contribution in [0, 0.1) is 0 Å². The molecular weight excluding hydrogens is 292 g/mol. The van der Waals surface area contributed by atoms with Crippen molar-refractivity contribution < 1.29 is 19.7 Å². The first-order valence-corrected chi connectivity index (χ1v) is 7.78. The van der Waals surface area contributed by atoms with Crippen molar-refractivity contribution >= 4 is 5.97 Å². The number of ether oxygens (including phenoxy) is 1. The highest BCUT2D eigenvalue weighted by Gasteiger charge is 2.21. The van der Waals surface area contributed by atoms with Crippen molar-refractivity contribution in [3.63, 3.8) is 0 Å². The van der Waals surface area contributed by atoms with E-state index < -0.39 is 5.97 Å². The molecule has 2 N–H and O–H groups in total. The minimum atomic E-state index is -0.398. The van der Waals surface area contributed by atoms with Crippen LogP contribution in [0.15, 0.2) is 36.4 Å². The van der Waals surface area contributed by atoms with Crippen LogP contribution in [0.5, 0.6) is 11.5 Å². The van der Waals surface area contributed by atoms with E-state index in [2.05, 4.69) is 24.3 Å². The molecule has 0 radical (unpaired) electrons. The molecule has 0 spiro atoms. The zero-order valence-electron chi connectivity index (χ0n) is 14.1. The van der Waals surface area contributed by atoms with Crippen molar-refractivity contribution in [3.05, 3.63) is 47.6 Å². The van der Waals surface area contributed by atoms with Crippen LogP contribution in [0.25, 0.3) is 0 Å². The Kier molecular flexibility index (Phi) is 7.39. The van der Waals surface area contributed by atoms with E-state index in [9.17, 15) is 15.0 Å². The Hall–Kier alpha value is -2.23. The molecule has 0 heterocycles. The molecule has 0 aliphatic heterocycles. The molecule has 2 rings (SSSR count). The Balaban J connectivity index is 0.000000816. The fourth-order valence-corrected chi connectivity index (χ4v) is 2.74. The lowest BCUT2D eigenvalue weighted by atomic mass is 9.84. The molecule has 1 aromatic rings. The minimum absolute atomic E-state index is 0.0379. The number of rotatable bonds is 3. The highest BCUT2D eigenvalue weighted by atomic mass is 16.5. The van der Waals surface area contributed by atoms with E-state index >= 15 is 0 Å². The summed E-state index contributed by atoms with van der Waals surface area (Å²) in [6.07, 6.45) is 6.92. The fourth-order valence-electron chi connectivity index (χ4n) is 2.74.